The summed E-state index contributed by atoms with van der Waals surface area (Å²) < 4.78 is 40.0. The van der Waals surface area contributed by atoms with Gasteiger partial charge in [0.2, 0.25) is 0 Å². The minimum atomic E-state index is -2.80. The normalized spacial score (nSPS) is 21.9. The molecule has 1 amide bonds. The van der Waals surface area contributed by atoms with Gasteiger partial charge >= 0.3 is 0 Å². The molecule has 1 saturated heterocycles. The van der Waals surface area contributed by atoms with Crippen LogP contribution >= 0.6 is 11.6 Å². The van der Waals surface area contributed by atoms with E-state index in [-0.39, 0.29) is 28.7 Å². The van der Waals surface area contributed by atoms with E-state index in [2.05, 4.69) is 15.3 Å². The molecule has 11 heteroatoms. The van der Waals surface area contributed by atoms with Gasteiger partial charge in [-0.15, -0.1) is 0 Å². The fraction of sp³-hybridized carbons (Fsp3) is 0.421. The first-order chi connectivity index (χ1) is 14.0. The summed E-state index contributed by atoms with van der Waals surface area (Å²) >= 11 is 6.19. The molecule has 2 aromatic heterocycles. The van der Waals surface area contributed by atoms with Crippen LogP contribution < -0.4 is 15.4 Å². The molecule has 2 aromatic rings. The van der Waals surface area contributed by atoms with Crippen LogP contribution in [0, 0.1) is 18.8 Å². The van der Waals surface area contributed by atoms with Crippen LogP contribution in [0.2, 0.25) is 5.02 Å². The molecule has 3 rings (SSSR count). The predicted octanol–water partition coefficient (Wildman–Crippen LogP) is 3.40. The minimum Gasteiger partial charge on any atom is -0.355 e. The number of rotatable bonds is 4. The number of nitrogens with zero attached hydrogens (tertiary/aromatic N) is 3. The Balaban J connectivity index is 1.95. The predicted molar refractivity (Wildman–Crippen MR) is 112 cm³/mol. The van der Waals surface area contributed by atoms with Gasteiger partial charge in [-0.1, -0.05) is 25.4 Å². The lowest BCUT2D eigenvalue weighted by molar-refractivity contribution is -0.105. The van der Waals surface area contributed by atoms with Crippen LogP contribution in [0.1, 0.15) is 29.9 Å². The van der Waals surface area contributed by atoms with Crippen LogP contribution in [0.25, 0.3) is 0 Å². The largest absolute Gasteiger partial charge is 0.355 e. The molecule has 3 heterocycles. The summed E-state index contributed by atoms with van der Waals surface area (Å²) in [5.41, 5.74) is 0.978. The van der Waals surface area contributed by atoms with Gasteiger partial charge in [-0.3, -0.25) is 4.79 Å². The third kappa shape index (κ3) is 4.45. The second-order valence-corrected chi connectivity index (χ2v) is 8.86. The van der Waals surface area contributed by atoms with Crippen molar-refractivity contribution in [1.82, 2.24) is 9.97 Å². The van der Waals surface area contributed by atoms with Crippen molar-refractivity contribution < 1.29 is 17.8 Å². The van der Waals surface area contributed by atoms with E-state index in [0.29, 0.717) is 17.2 Å². The maximum Gasteiger partial charge on any atom is 0.259 e. The molecule has 0 bridgehead atoms. The number of nitrogens with two attached hydrogens (primary N) is 1. The SMILES string of the molecule is Cc1nc(N2CC(C)C(F)(F)C(C)C2)c(C(=O)Nc2ccnc(S(N)=O)c2)cc1Cl. The summed E-state index contributed by atoms with van der Waals surface area (Å²) in [6, 6.07) is 4.38. The van der Waals surface area contributed by atoms with Crippen molar-refractivity contribution in [2.75, 3.05) is 23.3 Å². The lowest BCUT2D eigenvalue weighted by atomic mass is 9.87. The molecule has 3 atom stereocenters. The number of pyridine rings is 2. The number of halogens is 3. The van der Waals surface area contributed by atoms with Gasteiger partial charge in [-0.25, -0.2) is 28.1 Å². The van der Waals surface area contributed by atoms with Crippen molar-refractivity contribution in [3.8, 4) is 0 Å². The molecule has 162 valence electrons. The Kier molecular flexibility index (Phi) is 6.40. The molecule has 3 unspecified atom stereocenters. The van der Waals surface area contributed by atoms with Gasteiger partial charge in [0.15, 0.2) is 0 Å². The summed E-state index contributed by atoms with van der Waals surface area (Å²) in [7, 11) is -1.80. The summed E-state index contributed by atoms with van der Waals surface area (Å²) in [6.07, 6.45) is 1.37. The van der Waals surface area contributed by atoms with E-state index >= 15 is 0 Å². The fourth-order valence-corrected chi connectivity index (χ4v) is 3.97. The zero-order valence-corrected chi connectivity index (χ0v) is 18.2. The van der Waals surface area contributed by atoms with Crippen molar-refractivity contribution in [3.63, 3.8) is 0 Å². The van der Waals surface area contributed by atoms with Gasteiger partial charge in [0.05, 0.1) is 16.3 Å². The van der Waals surface area contributed by atoms with Gasteiger partial charge in [-0.2, -0.15) is 0 Å². The van der Waals surface area contributed by atoms with E-state index in [1.807, 2.05) is 0 Å². The average molecular weight is 458 g/mol. The minimum absolute atomic E-state index is 0.0528. The second-order valence-electron chi connectivity index (χ2n) is 7.44. The molecule has 3 N–H and O–H groups in total. The highest BCUT2D eigenvalue weighted by Gasteiger charge is 2.47. The topological polar surface area (TPSA) is 101 Å². The van der Waals surface area contributed by atoms with Crippen LogP contribution in [0.15, 0.2) is 29.4 Å². The van der Waals surface area contributed by atoms with Crippen LogP contribution in [-0.4, -0.2) is 39.1 Å². The Morgan fingerprint density at radius 2 is 1.97 bits per heavy atom. The van der Waals surface area contributed by atoms with Gasteiger partial charge in [0, 0.05) is 36.8 Å². The highest BCUT2D eigenvalue weighted by atomic mass is 35.5. The molecule has 0 aliphatic carbocycles. The molecule has 0 aromatic carbocycles. The van der Waals surface area contributed by atoms with Gasteiger partial charge in [-0.05, 0) is 25.1 Å². The quantitative estimate of drug-likeness (QED) is 0.732. The smallest absolute Gasteiger partial charge is 0.259 e. The Bertz CT molecular complexity index is 993. The van der Waals surface area contributed by atoms with Crippen LogP contribution in [0.3, 0.4) is 0 Å². The third-order valence-corrected chi connectivity index (χ3v) is 6.19. The third-order valence-electron chi connectivity index (χ3n) is 5.18. The number of aromatic nitrogens is 2. The zero-order valence-electron chi connectivity index (χ0n) is 16.7. The maximum atomic E-state index is 14.3. The molecule has 0 radical (unpaired) electrons. The van der Waals surface area contributed by atoms with Crippen molar-refractivity contribution >= 4 is 40.0 Å². The Hall–Kier alpha value is -2.17. The van der Waals surface area contributed by atoms with Crippen molar-refractivity contribution in [2.45, 2.75) is 31.7 Å². The molecule has 7 nitrogen and oxygen atoms in total. The molecule has 0 spiro atoms. The lowest BCUT2D eigenvalue weighted by Gasteiger charge is -2.42. The Morgan fingerprint density at radius 3 is 2.57 bits per heavy atom. The van der Waals surface area contributed by atoms with E-state index in [4.69, 9.17) is 16.7 Å². The van der Waals surface area contributed by atoms with Gasteiger partial charge in [0.25, 0.3) is 11.8 Å². The molecule has 1 fully saturated rings. The van der Waals surface area contributed by atoms with E-state index in [1.165, 1.54) is 38.2 Å². The highest BCUT2D eigenvalue weighted by Crippen LogP contribution is 2.39. The number of carbonyl (C=O) groups is 1. The molecular weight excluding hydrogens is 436 g/mol. The Morgan fingerprint density at radius 1 is 1.33 bits per heavy atom. The standard InChI is InChI=1S/C19H22ClF2N5O2S/c1-10-8-27(9-11(2)19(10,21)22)17-14(7-15(20)12(3)25-17)18(28)26-13-4-5-24-16(6-13)30(23)29/h4-7,10-11H,8-9,23H2,1-3H3,(H,24,26,28). The summed E-state index contributed by atoms with van der Waals surface area (Å²) in [5, 5.41) is 8.40. The first-order valence-electron chi connectivity index (χ1n) is 9.24. The summed E-state index contributed by atoms with van der Waals surface area (Å²) in [6.45, 7) is 4.76. The fourth-order valence-electron chi connectivity index (χ4n) is 3.41. The molecule has 0 saturated carbocycles. The number of hydrogen-bond acceptors (Lipinski definition) is 5. The first kappa shape index (κ1) is 22.5. The van der Waals surface area contributed by atoms with Gasteiger partial charge in [0.1, 0.15) is 21.8 Å². The van der Waals surface area contributed by atoms with E-state index in [0.717, 1.165) is 0 Å². The number of carbonyl (C=O) groups excluding carboxylic acids is 1. The first-order valence-corrected chi connectivity index (χ1v) is 10.8. The van der Waals surface area contributed by atoms with E-state index in [1.54, 1.807) is 11.8 Å². The number of alkyl halides is 2. The average Bonchev–Trinajstić information content (AvgIpc) is 2.68. The monoisotopic (exact) mass is 457 g/mol. The summed E-state index contributed by atoms with van der Waals surface area (Å²) in [5.74, 6) is -4.85. The molecule has 1 aliphatic rings. The Labute approximate surface area is 180 Å². The van der Waals surface area contributed by atoms with E-state index < -0.39 is 34.7 Å². The van der Waals surface area contributed by atoms with Crippen molar-refractivity contribution in [3.05, 3.63) is 40.7 Å². The zero-order chi connectivity index (χ0) is 22.2. The maximum absolute atomic E-state index is 14.3. The lowest BCUT2D eigenvalue weighted by Crippen LogP contribution is -2.52. The second kappa shape index (κ2) is 8.52. The van der Waals surface area contributed by atoms with Crippen LogP contribution in [0.4, 0.5) is 20.3 Å². The highest BCUT2D eigenvalue weighted by molar-refractivity contribution is 7.82. The number of hydrogen-bond donors (Lipinski definition) is 2. The molecule has 30 heavy (non-hydrogen) atoms. The number of anilines is 2. The number of amides is 1. The van der Waals surface area contributed by atoms with Crippen molar-refractivity contribution in [1.29, 1.82) is 0 Å². The van der Waals surface area contributed by atoms with Crippen LogP contribution in [-0.2, 0) is 11.0 Å². The van der Waals surface area contributed by atoms with Gasteiger partial charge < -0.3 is 10.2 Å². The number of nitrogens with one attached hydrogen (secondary N) is 1. The summed E-state index contributed by atoms with van der Waals surface area (Å²) in [4.78, 5) is 23.0. The van der Waals surface area contributed by atoms with E-state index in [9.17, 15) is 17.8 Å². The number of piperidine rings is 1. The molecule has 1 aliphatic heterocycles. The number of aryl methyl sites for hydroxylation is 1. The van der Waals surface area contributed by atoms with Crippen LogP contribution in [0.5, 0.6) is 0 Å². The van der Waals surface area contributed by atoms with Crippen molar-refractivity contribution in [2.24, 2.45) is 17.0 Å². The molecular formula is C19H22ClF2N5O2S.